The minimum atomic E-state index is -0.593. The molecule has 0 saturated heterocycles. The molecule has 21 heavy (non-hydrogen) atoms. The van der Waals surface area contributed by atoms with Crippen LogP contribution in [0.4, 0.5) is 0 Å². The van der Waals surface area contributed by atoms with E-state index >= 15 is 0 Å². The molecular formula is C17H26N2O2. The van der Waals surface area contributed by atoms with Gasteiger partial charge in [-0.2, -0.15) is 5.26 Å². The minimum Gasteiger partial charge on any atom is -0.491 e. The third-order valence-corrected chi connectivity index (χ3v) is 3.21. The summed E-state index contributed by atoms with van der Waals surface area (Å²) < 4.78 is 5.87. The maximum Gasteiger partial charge on any atom is 0.119 e. The first kappa shape index (κ1) is 17.5. The Bertz CT molecular complexity index is 465. The Morgan fingerprint density at radius 2 is 1.90 bits per heavy atom. The molecule has 0 aromatic heterocycles. The van der Waals surface area contributed by atoms with E-state index in [2.05, 4.69) is 11.4 Å². The second-order valence-electron chi connectivity index (χ2n) is 5.99. The van der Waals surface area contributed by atoms with Crippen LogP contribution < -0.4 is 10.1 Å². The largest absolute Gasteiger partial charge is 0.491 e. The smallest absolute Gasteiger partial charge is 0.119 e. The van der Waals surface area contributed by atoms with Crippen LogP contribution in [0.15, 0.2) is 24.3 Å². The van der Waals surface area contributed by atoms with Crippen LogP contribution >= 0.6 is 0 Å². The van der Waals surface area contributed by atoms with Crippen LogP contribution in [0.3, 0.4) is 0 Å². The molecule has 2 N–H and O–H groups in total. The molecule has 116 valence electrons. The molecule has 0 amide bonds. The molecule has 1 aromatic rings. The summed E-state index contributed by atoms with van der Waals surface area (Å²) in [6.45, 7) is 8.08. The van der Waals surface area contributed by atoms with Crippen LogP contribution in [-0.4, -0.2) is 29.4 Å². The van der Waals surface area contributed by atoms with Gasteiger partial charge in [-0.15, -0.1) is 0 Å². The normalized spacial score (nSPS) is 15.3. The van der Waals surface area contributed by atoms with Crippen LogP contribution in [0.2, 0.25) is 0 Å². The summed E-state index contributed by atoms with van der Waals surface area (Å²) in [6.07, 6.45) is 1.20. The van der Waals surface area contributed by atoms with E-state index in [-0.39, 0.29) is 18.8 Å². The van der Waals surface area contributed by atoms with Crippen LogP contribution in [0.5, 0.6) is 5.75 Å². The molecule has 4 heteroatoms. The molecule has 1 aromatic carbocycles. The average molecular weight is 290 g/mol. The lowest BCUT2D eigenvalue weighted by atomic mass is 9.95. The summed E-state index contributed by atoms with van der Waals surface area (Å²) in [5.74, 6) is 0.786. The zero-order valence-electron chi connectivity index (χ0n) is 13.4. The Morgan fingerprint density at radius 3 is 2.38 bits per heavy atom. The Labute approximate surface area is 127 Å². The highest BCUT2D eigenvalue weighted by Gasteiger charge is 2.27. The number of ether oxygens (including phenoxy) is 1. The lowest BCUT2D eigenvalue weighted by Gasteiger charge is -2.29. The first-order valence-corrected chi connectivity index (χ1v) is 7.44. The van der Waals surface area contributed by atoms with Gasteiger partial charge in [-0.25, -0.2) is 0 Å². The summed E-state index contributed by atoms with van der Waals surface area (Å²) in [5, 5.41) is 21.5. The number of hydrogen-bond acceptors (Lipinski definition) is 4. The van der Waals surface area contributed by atoms with Gasteiger partial charge in [0, 0.05) is 19.1 Å². The van der Waals surface area contributed by atoms with Crippen LogP contribution in [0.1, 0.15) is 39.7 Å². The van der Waals surface area contributed by atoms with Crippen molar-refractivity contribution in [3.8, 4) is 11.8 Å². The van der Waals surface area contributed by atoms with Crippen molar-refractivity contribution in [2.24, 2.45) is 0 Å². The third-order valence-electron chi connectivity index (χ3n) is 3.21. The number of aliphatic hydroxyl groups excluding tert-OH is 1. The van der Waals surface area contributed by atoms with Crippen LogP contribution in [0.25, 0.3) is 0 Å². The Kier molecular flexibility index (Phi) is 6.67. The number of nitrogens with one attached hydrogen (secondary N) is 1. The van der Waals surface area contributed by atoms with E-state index in [0.29, 0.717) is 12.8 Å². The quantitative estimate of drug-likeness (QED) is 0.772. The van der Waals surface area contributed by atoms with E-state index < -0.39 is 5.54 Å². The first-order chi connectivity index (χ1) is 9.88. The van der Waals surface area contributed by atoms with E-state index in [1.807, 2.05) is 52.0 Å². The highest BCUT2D eigenvalue weighted by Crippen LogP contribution is 2.19. The molecule has 0 aliphatic heterocycles. The van der Waals surface area contributed by atoms with Crippen molar-refractivity contribution in [1.82, 2.24) is 5.32 Å². The Morgan fingerprint density at radius 1 is 1.29 bits per heavy atom. The van der Waals surface area contributed by atoms with Crippen molar-refractivity contribution < 1.29 is 9.84 Å². The van der Waals surface area contributed by atoms with Crippen molar-refractivity contribution in [2.45, 2.75) is 58.2 Å². The predicted molar refractivity (Wildman–Crippen MR) is 84.2 cm³/mol. The molecule has 1 rings (SSSR count). The molecule has 0 bridgehead atoms. The van der Waals surface area contributed by atoms with E-state index in [1.165, 1.54) is 0 Å². The highest BCUT2D eigenvalue weighted by molar-refractivity contribution is 5.27. The van der Waals surface area contributed by atoms with E-state index in [9.17, 15) is 5.26 Å². The van der Waals surface area contributed by atoms with Crippen molar-refractivity contribution in [3.63, 3.8) is 0 Å². The number of nitrogens with zero attached hydrogens (tertiary/aromatic N) is 1. The van der Waals surface area contributed by atoms with Gasteiger partial charge in [0.25, 0.3) is 0 Å². The molecule has 0 heterocycles. The molecule has 4 nitrogen and oxygen atoms in total. The number of nitriles is 1. The summed E-state index contributed by atoms with van der Waals surface area (Å²) in [6, 6.07) is 10.3. The van der Waals surface area contributed by atoms with Gasteiger partial charge in [0.05, 0.1) is 12.2 Å². The summed E-state index contributed by atoms with van der Waals surface area (Å²) in [7, 11) is 0. The molecule has 0 fully saturated rings. The van der Waals surface area contributed by atoms with Gasteiger partial charge >= 0.3 is 0 Å². The van der Waals surface area contributed by atoms with Crippen LogP contribution in [0, 0.1) is 11.3 Å². The molecule has 0 radical (unpaired) electrons. The molecule has 0 saturated carbocycles. The number of benzene rings is 1. The van der Waals surface area contributed by atoms with Crippen molar-refractivity contribution in [1.29, 1.82) is 5.26 Å². The van der Waals surface area contributed by atoms with Gasteiger partial charge in [-0.1, -0.05) is 12.1 Å². The molecule has 0 aliphatic rings. The minimum absolute atomic E-state index is 0.0652. The number of hydrogen-bond donors (Lipinski definition) is 2. The third kappa shape index (κ3) is 6.16. The molecule has 0 spiro atoms. The van der Waals surface area contributed by atoms with Crippen molar-refractivity contribution >= 4 is 0 Å². The number of aliphatic hydroxyl groups is 1. The van der Waals surface area contributed by atoms with Crippen molar-refractivity contribution in [3.05, 3.63) is 29.8 Å². The van der Waals surface area contributed by atoms with Gasteiger partial charge < -0.3 is 9.84 Å². The maximum absolute atomic E-state index is 9.35. The van der Waals surface area contributed by atoms with Gasteiger partial charge in [0.2, 0.25) is 0 Å². The van der Waals surface area contributed by atoms with E-state index in [0.717, 1.165) is 11.3 Å². The Balaban J connectivity index is 2.60. The number of rotatable bonds is 8. The monoisotopic (exact) mass is 290 g/mol. The van der Waals surface area contributed by atoms with Crippen LogP contribution in [-0.2, 0) is 6.42 Å². The van der Waals surface area contributed by atoms with Crippen molar-refractivity contribution in [2.75, 3.05) is 6.61 Å². The average Bonchev–Trinajstić information content (AvgIpc) is 2.40. The second kappa shape index (κ2) is 8.02. The summed E-state index contributed by atoms with van der Waals surface area (Å²) in [5.41, 5.74) is 0.491. The zero-order valence-corrected chi connectivity index (χ0v) is 13.4. The van der Waals surface area contributed by atoms with Gasteiger partial charge in [-0.05, 0) is 51.8 Å². The SMILES string of the molecule is CC(C)NC(C)(C#N)CC(C)Oc1ccc(CCO)cc1. The highest BCUT2D eigenvalue weighted by atomic mass is 16.5. The van der Waals surface area contributed by atoms with E-state index in [1.54, 1.807) is 0 Å². The van der Waals surface area contributed by atoms with Gasteiger partial charge in [0.1, 0.15) is 11.3 Å². The fraction of sp³-hybridized carbons (Fsp3) is 0.588. The standard InChI is InChI=1S/C17H26N2O2/c1-13(2)19-17(4,12-18)11-14(3)21-16-7-5-15(6-8-16)9-10-20/h5-8,13-14,19-20H,9-11H2,1-4H3. The fourth-order valence-electron chi connectivity index (χ4n) is 2.49. The first-order valence-electron chi connectivity index (χ1n) is 7.44. The summed E-state index contributed by atoms with van der Waals surface area (Å²) >= 11 is 0. The van der Waals surface area contributed by atoms with Gasteiger partial charge in [-0.3, -0.25) is 5.32 Å². The second-order valence-corrected chi connectivity index (χ2v) is 5.99. The predicted octanol–water partition coefficient (Wildman–Crippen LogP) is 2.66. The molecular weight excluding hydrogens is 264 g/mol. The molecule has 0 aliphatic carbocycles. The fourth-order valence-corrected chi connectivity index (χ4v) is 2.49. The molecule has 2 atom stereocenters. The maximum atomic E-state index is 9.35. The topological polar surface area (TPSA) is 65.3 Å². The summed E-state index contributed by atoms with van der Waals surface area (Å²) in [4.78, 5) is 0. The lowest BCUT2D eigenvalue weighted by Crippen LogP contribution is -2.47. The lowest BCUT2D eigenvalue weighted by molar-refractivity contribution is 0.176. The van der Waals surface area contributed by atoms with Gasteiger partial charge in [0.15, 0.2) is 0 Å². The zero-order chi connectivity index (χ0) is 15.9. The molecule has 2 unspecified atom stereocenters. The van der Waals surface area contributed by atoms with E-state index in [4.69, 9.17) is 9.84 Å². The Hall–Kier alpha value is -1.57.